The van der Waals surface area contributed by atoms with Crippen molar-refractivity contribution >= 4 is 29.0 Å². The van der Waals surface area contributed by atoms with Crippen LogP contribution >= 0.6 is 11.6 Å². The number of fused-ring (bicyclic) bond motifs is 1. The summed E-state index contributed by atoms with van der Waals surface area (Å²) < 4.78 is 1.40. The molecule has 0 unspecified atom stereocenters. The number of carboxylic acids is 1. The van der Waals surface area contributed by atoms with Gasteiger partial charge < -0.3 is 5.11 Å². The van der Waals surface area contributed by atoms with Crippen LogP contribution in [0.3, 0.4) is 0 Å². The van der Waals surface area contributed by atoms with Gasteiger partial charge in [-0.25, -0.2) is 9.78 Å². The smallest absolute Gasteiger partial charge is 0.339 e. The fourth-order valence-corrected chi connectivity index (χ4v) is 1.99. The van der Waals surface area contributed by atoms with Crippen molar-refractivity contribution in [1.29, 1.82) is 0 Å². The Labute approximate surface area is 102 Å². The van der Waals surface area contributed by atoms with Gasteiger partial charge in [0, 0.05) is 13.1 Å². The van der Waals surface area contributed by atoms with E-state index in [1.807, 2.05) is 0 Å². The van der Waals surface area contributed by atoms with E-state index in [4.69, 9.17) is 16.7 Å². The van der Waals surface area contributed by atoms with Crippen molar-refractivity contribution in [3.05, 3.63) is 34.2 Å². The number of aromatic nitrogens is 2. The highest BCUT2D eigenvalue weighted by Crippen LogP contribution is 2.23. The van der Waals surface area contributed by atoms with Gasteiger partial charge in [-0.15, -0.1) is 0 Å². The number of carbonyl (C=O) groups is 2. The van der Waals surface area contributed by atoms with E-state index < -0.39 is 5.97 Å². The quantitative estimate of drug-likeness (QED) is 0.657. The fourth-order valence-electron chi connectivity index (χ4n) is 1.63. The van der Waals surface area contributed by atoms with Gasteiger partial charge in [-0.1, -0.05) is 11.6 Å². The van der Waals surface area contributed by atoms with Crippen LogP contribution in [0.15, 0.2) is 12.3 Å². The van der Waals surface area contributed by atoms with Gasteiger partial charge in [-0.2, -0.15) is 0 Å². The second-order valence-corrected chi connectivity index (χ2v) is 4.07. The van der Waals surface area contributed by atoms with Gasteiger partial charge >= 0.3 is 5.97 Å². The van der Waals surface area contributed by atoms with Crippen LogP contribution in [0, 0.1) is 6.92 Å². The van der Waals surface area contributed by atoms with Gasteiger partial charge in [-0.3, -0.25) is 9.20 Å². The molecular weight excluding hydrogens is 244 g/mol. The number of hydrogen-bond donors (Lipinski definition) is 1. The number of pyridine rings is 1. The SMILES string of the molecule is CC(=O)c1cn2c(Cl)c(C(=O)O)c(C)cc2n1. The van der Waals surface area contributed by atoms with Crippen molar-refractivity contribution in [2.75, 3.05) is 0 Å². The van der Waals surface area contributed by atoms with Crippen LogP contribution in [0.4, 0.5) is 0 Å². The Morgan fingerprint density at radius 3 is 2.65 bits per heavy atom. The number of nitrogens with zero attached hydrogens (tertiary/aromatic N) is 2. The molecule has 0 spiro atoms. The number of aryl methyl sites for hydroxylation is 1. The molecule has 0 aromatic carbocycles. The van der Waals surface area contributed by atoms with Crippen LogP contribution in [0.25, 0.3) is 5.65 Å². The maximum Gasteiger partial charge on any atom is 0.339 e. The van der Waals surface area contributed by atoms with E-state index in [1.54, 1.807) is 13.0 Å². The highest BCUT2D eigenvalue weighted by atomic mass is 35.5. The Morgan fingerprint density at radius 2 is 2.12 bits per heavy atom. The summed E-state index contributed by atoms with van der Waals surface area (Å²) in [6.45, 7) is 3.03. The minimum atomic E-state index is -1.10. The Kier molecular flexibility index (Phi) is 2.63. The normalized spacial score (nSPS) is 10.8. The van der Waals surface area contributed by atoms with Crippen molar-refractivity contribution < 1.29 is 14.7 Å². The first kappa shape index (κ1) is 11.6. The summed E-state index contributed by atoms with van der Waals surface area (Å²) in [6, 6.07) is 1.59. The first-order chi connectivity index (χ1) is 7.91. The van der Waals surface area contributed by atoms with Gasteiger partial charge in [0.05, 0.1) is 5.56 Å². The van der Waals surface area contributed by atoms with Crippen molar-refractivity contribution in [3.8, 4) is 0 Å². The molecule has 0 aliphatic rings. The Bertz CT molecular complexity index is 646. The molecule has 0 aliphatic heterocycles. The summed E-state index contributed by atoms with van der Waals surface area (Å²) in [5.41, 5.74) is 1.25. The molecule has 0 atom stereocenters. The molecular formula is C11H9ClN2O3. The molecule has 0 aliphatic carbocycles. The monoisotopic (exact) mass is 252 g/mol. The first-order valence-corrected chi connectivity index (χ1v) is 5.22. The van der Waals surface area contributed by atoms with Gasteiger partial charge in [0.15, 0.2) is 5.78 Å². The van der Waals surface area contributed by atoms with E-state index in [-0.39, 0.29) is 22.2 Å². The number of imidazole rings is 1. The molecule has 5 nitrogen and oxygen atoms in total. The van der Waals surface area contributed by atoms with Crippen LogP contribution in [0.5, 0.6) is 0 Å². The van der Waals surface area contributed by atoms with E-state index in [1.165, 1.54) is 17.5 Å². The zero-order valence-corrected chi connectivity index (χ0v) is 9.95. The number of hydrogen-bond acceptors (Lipinski definition) is 3. The molecule has 2 rings (SSSR count). The molecule has 1 N–H and O–H groups in total. The fraction of sp³-hybridized carbons (Fsp3) is 0.182. The van der Waals surface area contributed by atoms with Gasteiger partial charge in [0.25, 0.3) is 0 Å². The van der Waals surface area contributed by atoms with Crippen molar-refractivity contribution in [3.63, 3.8) is 0 Å². The maximum absolute atomic E-state index is 11.2. The van der Waals surface area contributed by atoms with Crippen LogP contribution < -0.4 is 0 Å². The molecule has 2 aromatic heterocycles. The molecule has 0 saturated heterocycles. The molecule has 0 radical (unpaired) electrons. The highest BCUT2D eigenvalue weighted by molar-refractivity contribution is 6.33. The molecule has 17 heavy (non-hydrogen) atoms. The number of carbonyl (C=O) groups excluding carboxylic acids is 1. The Balaban J connectivity index is 2.83. The third-order valence-corrected chi connectivity index (χ3v) is 2.84. The minimum absolute atomic E-state index is 0.0201. The molecule has 0 fully saturated rings. The lowest BCUT2D eigenvalue weighted by atomic mass is 10.1. The van der Waals surface area contributed by atoms with E-state index >= 15 is 0 Å². The zero-order valence-electron chi connectivity index (χ0n) is 9.19. The molecule has 0 amide bonds. The molecule has 88 valence electrons. The first-order valence-electron chi connectivity index (χ1n) is 4.84. The molecule has 6 heteroatoms. The third-order valence-electron chi connectivity index (χ3n) is 2.47. The molecule has 2 heterocycles. The average molecular weight is 253 g/mol. The lowest BCUT2D eigenvalue weighted by molar-refractivity contribution is 0.0695. The second-order valence-electron chi connectivity index (χ2n) is 3.71. The van der Waals surface area contributed by atoms with Crippen LogP contribution in [-0.4, -0.2) is 26.2 Å². The summed E-state index contributed by atoms with van der Waals surface area (Å²) in [7, 11) is 0. The third kappa shape index (κ3) is 1.78. The van der Waals surface area contributed by atoms with Gasteiger partial charge in [-0.05, 0) is 18.6 Å². The summed E-state index contributed by atoms with van der Waals surface area (Å²) in [5.74, 6) is -1.30. The number of halogens is 1. The Hall–Kier alpha value is -1.88. The largest absolute Gasteiger partial charge is 0.478 e. The van der Waals surface area contributed by atoms with Crippen molar-refractivity contribution in [2.45, 2.75) is 13.8 Å². The van der Waals surface area contributed by atoms with Crippen LogP contribution in [-0.2, 0) is 0 Å². The second kappa shape index (κ2) is 3.85. The molecule has 2 aromatic rings. The average Bonchev–Trinajstić information content (AvgIpc) is 2.60. The van der Waals surface area contributed by atoms with Crippen molar-refractivity contribution in [2.24, 2.45) is 0 Å². The number of ketones is 1. The molecule has 0 bridgehead atoms. The number of rotatable bonds is 2. The van der Waals surface area contributed by atoms with Gasteiger partial charge in [0.1, 0.15) is 16.5 Å². The number of carboxylic acid groups (broad SMARTS) is 1. The summed E-state index contributed by atoms with van der Waals surface area (Å²) >= 11 is 5.99. The summed E-state index contributed by atoms with van der Waals surface area (Å²) in [5, 5.41) is 9.09. The predicted molar refractivity (Wildman–Crippen MR) is 61.9 cm³/mol. The van der Waals surface area contributed by atoms with E-state index in [2.05, 4.69) is 4.98 Å². The lowest BCUT2D eigenvalue weighted by Crippen LogP contribution is -2.04. The van der Waals surface area contributed by atoms with E-state index in [0.29, 0.717) is 11.2 Å². The van der Waals surface area contributed by atoms with Crippen molar-refractivity contribution in [1.82, 2.24) is 9.38 Å². The van der Waals surface area contributed by atoms with Gasteiger partial charge in [0.2, 0.25) is 0 Å². The minimum Gasteiger partial charge on any atom is -0.478 e. The highest BCUT2D eigenvalue weighted by Gasteiger charge is 2.17. The van der Waals surface area contributed by atoms with Crippen LogP contribution in [0.1, 0.15) is 33.3 Å². The summed E-state index contributed by atoms with van der Waals surface area (Å²) in [4.78, 5) is 26.3. The maximum atomic E-state index is 11.2. The number of Topliss-reactive ketones (excluding diaryl/α,β-unsaturated/α-hetero) is 1. The standard InChI is InChI=1S/C11H9ClN2O3/c1-5-3-8-13-7(6(2)15)4-14(8)10(12)9(5)11(16)17/h3-4H,1-2H3,(H,16,17). The summed E-state index contributed by atoms with van der Waals surface area (Å²) in [6.07, 6.45) is 1.44. The Morgan fingerprint density at radius 1 is 1.47 bits per heavy atom. The number of aromatic carboxylic acids is 1. The lowest BCUT2D eigenvalue weighted by Gasteiger charge is -2.05. The van der Waals surface area contributed by atoms with E-state index in [9.17, 15) is 9.59 Å². The van der Waals surface area contributed by atoms with E-state index in [0.717, 1.165) is 0 Å². The molecule has 0 saturated carbocycles. The van der Waals surface area contributed by atoms with Crippen LogP contribution in [0.2, 0.25) is 5.15 Å². The predicted octanol–water partition coefficient (Wildman–Crippen LogP) is 2.20. The zero-order chi connectivity index (χ0) is 12.7. The topological polar surface area (TPSA) is 71.7 Å².